The maximum atomic E-state index is 13.5. The van der Waals surface area contributed by atoms with Crippen LogP contribution in [0.5, 0.6) is 0 Å². The quantitative estimate of drug-likeness (QED) is 0.863. The molecule has 20 heavy (non-hydrogen) atoms. The van der Waals surface area contributed by atoms with Crippen molar-refractivity contribution < 1.29 is 4.39 Å². The Balaban J connectivity index is 2.16. The average molecular weight is 277 g/mol. The highest BCUT2D eigenvalue weighted by molar-refractivity contribution is 5.27. The molecule has 2 atom stereocenters. The number of halogens is 1. The number of aryl methyl sites for hydroxylation is 1. The molecule has 0 aliphatic heterocycles. The van der Waals surface area contributed by atoms with Crippen molar-refractivity contribution in [2.75, 3.05) is 13.6 Å². The van der Waals surface area contributed by atoms with Crippen molar-refractivity contribution in [2.24, 2.45) is 17.3 Å². The zero-order valence-corrected chi connectivity index (χ0v) is 13.3. The number of nitrogens with one attached hydrogen (secondary N) is 1. The second-order valence-electron chi connectivity index (χ2n) is 7.26. The Kier molecular flexibility index (Phi) is 4.85. The van der Waals surface area contributed by atoms with E-state index in [-0.39, 0.29) is 5.82 Å². The molecule has 0 saturated heterocycles. The molecule has 112 valence electrons. The van der Waals surface area contributed by atoms with Crippen LogP contribution in [0.4, 0.5) is 4.39 Å². The molecule has 1 saturated carbocycles. The zero-order valence-electron chi connectivity index (χ0n) is 13.3. The lowest BCUT2D eigenvalue weighted by Gasteiger charge is -2.41. The molecule has 1 nitrogen and oxygen atoms in total. The highest BCUT2D eigenvalue weighted by Crippen LogP contribution is 2.43. The fraction of sp³-hybridized carbons (Fsp3) is 0.667. The van der Waals surface area contributed by atoms with Crippen LogP contribution in [-0.2, 0) is 6.42 Å². The number of benzene rings is 1. The lowest BCUT2D eigenvalue weighted by molar-refractivity contribution is 0.117. The SMILES string of the molecule is CNCC1CCC(C)(C)CC1Cc1cc(F)ccc1C. The summed E-state index contributed by atoms with van der Waals surface area (Å²) in [6.07, 6.45) is 4.85. The van der Waals surface area contributed by atoms with E-state index in [2.05, 4.69) is 26.1 Å². The van der Waals surface area contributed by atoms with E-state index in [1.807, 2.05) is 13.1 Å². The molecule has 1 aromatic carbocycles. The number of hydrogen-bond donors (Lipinski definition) is 1. The van der Waals surface area contributed by atoms with E-state index in [9.17, 15) is 4.39 Å². The minimum absolute atomic E-state index is 0.106. The molecule has 0 spiro atoms. The summed E-state index contributed by atoms with van der Waals surface area (Å²) in [6, 6.07) is 5.20. The van der Waals surface area contributed by atoms with E-state index in [4.69, 9.17) is 0 Å². The molecule has 2 rings (SSSR count). The van der Waals surface area contributed by atoms with E-state index >= 15 is 0 Å². The average Bonchev–Trinajstić information content (AvgIpc) is 2.37. The van der Waals surface area contributed by atoms with Crippen LogP contribution in [-0.4, -0.2) is 13.6 Å². The second kappa shape index (κ2) is 6.26. The monoisotopic (exact) mass is 277 g/mol. The van der Waals surface area contributed by atoms with Crippen LogP contribution in [0.25, 0.3) is 0 Å². The Morgan fingerprint density at radius 2 is 2.05 bits per heavy atom. The van der Waals surface area contributed by atoms with Gasteiger partial charge in [0.2, 0.25) is 0 Å². The van der Waals surface area contributed by atoms with Gasteiger partial charge in [0.1, 0.15) is 5.82 Å². The molecular weight excluding hydrogens is 249 g/mol. The minimum atomic E-state index is -0.106. The summed E-state index contributed by atoms with van der Waals surface area (Å²) in [5, 5.41) is 3.33. The fourth-order valence-corrected chi connectivity index (χ4v) is 3.70. The molecule has 1 aliphatic carbocycles. The standard InChI is InChI=1S/C18H28FN/c1-13-5-6-17(19)10-15(13)9-16-11-18(2,3)8-7-14(16)12-20-4/h5-6,10,14,16,20H,7-9,11-12H2,1-4H3. The van der Waals surface area contributed by atoms with Crippen molar-refractivity contribution in [3.8, 4) is 0 Å². The fourth-order valence-electron chi connectivity index (χ4n) is 3.70. The van der Waals surface area contributed by atoms with Crippen LogP contribution < -0.4 is 5.32 Å². The van der Waals surface area contributed by atoms with Gasteiger partial charge in [-0.3, -0.25) is 0 Å². The molecule has 0 radical (unpaired) electrons. The van der Waals surface area contributed by atoms with Gasteiger partial charge in [-0.1, -0.05) is 19.9 Å². The Labute approximate surface area is 123 Å². The van der Waals surface area contributed by atoms with Gasteiger partial charge in [0, 0.05) is 0 Å². The highest BCUT2D eigenvalue weighted by atomic mass is 19.1. The first-order valence-electron chi connectivity index (χ1n) is 7.81. The molecule has 1 aromatic rings. The van der Waals surface area contributed by atoms with Gasteiger partial charge >= 0.3 is 0 Å². The molecule has 1 N–H and O–H groups in total. The van der Waals surface area contributed by atoms with Gasteiger partial charge in [0.25, 0.3) is 0 Å². The Bertz CT molecular complexity index is 453. The lowest BCUT2D eigenvalue weighted by Crippen LogP contribution is -2.36. The van der Waals surface area contributed by atoms with Crippen molar-refractivity contribution in [1.29, 1.82) is 0 Å². The van der Waals surface area contributed by atoms with Crippen molar-refractivity contribution >= 4 is 0 Å². The largest absolute Gasteiger partial charge is 0.319 e. The third-order valence-corrected chi connectivity index (χ3v) is 4.93. The lowest BCUT2D eigenvalue weighted by atomic mass is 9.65. The van der Waals surface area contributed by atoms with Crippen LogP contribution in [0.15, 0.2) is 18.2 Å². The van der Waals surface area contributed by atoms with E-state index in [1.165, 1.54) is 30.4 Å². The molecule has 0 aromatic heterocycles. The van der Waals surface area contributed by atoms with Gasteiger partial charge in [-0.15, -0.1) is 0 Å². The topological polar surface area (TPSA) is 12.0 Å². The molecule has 1 aliphatic rings. The number of hydrogen-bond acceptors (Lipinski definition) is 1. The Morgan fingerprint density at radius 1 is 1.30 bits per heavy atom. The summed E-state index contributed by atoms with van der Waals surface area (Å²) >= 11 is 0. The van der Waals surface area contributed by atoms with Gasteiger partial charge in [-0.05, 0) is 86.7 Å². The third kappa shape index (κ3) is 3.82. The van der Waals surface area contributed by atoms with E-state index in [0.717, 1.165) is 18.9 Å². The summed E-state index contributed by atoms with van der Waals surface area (Å²) in [5.74, 6) is 1.27. The maximum Gasteiger partial charge on any atom is 0.123 e. The van der Waals surface area contributed by atoms with E-state index in [0.29, 0.717) is 11.3 Å². The van der Waals surface area contributed by atoms with Gasteiger partial charge in [-0.2, -0.15) is 0 Å². The van der Waals surface area contributed by atoms with Crippen molar-refractivity contribution in [1.82, 2.24) is 5.32 Å². The van der Waals surface area contributed by atoms with Crippen molar-refractivity contribution in [3.05, 3.63) is 35.1 Å². The number of rotatable bonds is 4. The van der Waals surface area contributed by atoms with Crippen molar-refractivity contribution in [2.45, 2.75) is 46.5 Å². The van der Waals surface area contributed by atoms with Gasteiger partial charge < -0.3 is 5.32 Å². The Morgan fingerprint density at radius 3 is 2.75 bits per heavy atom. The maximum absolute atomic E-state index is 13.5. The van der Waals surface area contributed by atoms with Gasteiger partial charge in [0.05, 0.1) is 0 Å². The normalized spacial score (nSPS) is 25.6. The van der Waals surface area contributed by atoms with Gasteiger partial charge in [0.15, 0.2) is 0 Å². The molecular formula is C18H28FN. The van der Waals surface area contributed by atoms with Gasteiger partial charge in [-0.25, -0.2) is 4.39 Å². The Hall–Kier alpha value is -0.890. The molecule has 2 heteroatoms. The minimum Gasteiger partial charge on any atom is -0.319 e. The summed E-state index contributed by atoms with van der Waals surface area (Å²) in [5.41, 5.74) is 2.84. The van der Waals surface area contributed by atoms with Crippen LogP contribution in [0.3, 0.4) is 0 Å². The summed E-state index contributed by atoms with van der Waals surface area (Å²) < 4.78 is 13.5. The van der Waals surface area contributed by atoms with Crippen molar-refractivity contribution in [3.63, 3.8) is 0 Å². The predicted molar refractivity (Wildman–Crippen MR) is 83.4 cm³/mol. The molecule has 0 amide bonds. The smallest absolute Gasteiger partial charge is 0.123 e. The van der Waals surface area contributed by atoms with Crippen LogP contribution in [0.2, 0.25) is 0 Å². The van der Waals surface area contributed by atoms with Crippen LogP contribution in [0.1, 0.15) is 44.2 Å². The highest BCUT2D eigenvalue weighted by Gasteiger charge is 2.34. The summed E-state index contributed by atoms with van der Waals surface area (Å²) in [4.78, 5) is 0. The molecule has 2 unspecified atom stereocenters. The molecule has 0 heterocycles. The van der Waals surface area contributed by atoms with Crippen LogP contribution >= 0.6 is 0 Å². The molecule has 0 bridgehead atoms. The third-order valence-electron chi connectivity index (χ3n) is 4.93. The first-order valence-corrected chi connectivity index (χ1v) is 7.81. The molecule has 1 fully saturated rings. The zero-order chi connectivity index (χ0) is 14.8. The summed E-state index contributed by atoms with van der Waals surface area (Å²) in [6.45, 7) is 7.91. The first-order chi connectivity index (χ1) is 9.41. The first kappa shape index (κ1) is 15.5. The van der Waals surface area contributed by atoms with E-state index < -0.39 is 0 Å². The van der Waals surface area contributed by atoms with Crippen LogP contribution in [0, 0.1) is 30.0 Å². The summed E-state index contributed by atoms with van der Waals surface area (Å²) in [7, 11) is 2.03. The second-order valence-corrected chi connectivity index (χ2v) is 7.26. The predicted octanol–water partition coefficient (Wildman–Crippen LogP) is 4.34. The van der Waals surface area contributed by atoms with E-state index in [1.54, 1.807) is 12.1 Å².